The van der Waals surface area contributed by atoms with Crippen LogP contribution in [-0.2, 0) is 4.79 Å². The van der Waals surface area contributed by atoms with Crippen LogP contribution < -0.4 is 10.2 Å². The molecular formula is C12H15N3O2. The van der Waals surface area contributed by atoms with Gasteiger partial charge in [0.05, 0.1) is 11.9 Å². The van der Waals surface area contributed by atoms with Gasteiger partial charge in [-0.05, 0) is 19.1 Å². The molecule has 1 fully saturated rings. The second-order valence-corrected chi connectivity index (χ2v) is 4.12. The molecule has 17 heavy (non-hydrogen) atoms. The van der Waals surface area contributed by atoms with E-state index in [1.807, 2.05) is 17.9 Å². The minimum Gasteiger partial charge on any atom is -0.357 e. The molecular weight excluding hydrogens is 218 g/mol. The van der Waals surface area contributed by atoms with Crippen molar-refractivity contribution in [2.75, 3.05) is 18.0 Å². The van der Waals surface area contributed by atoms with Crippen LogP contribution in [0, 0.1) is 0 Å². The Labute approximate surface area is 99.8 Å². The van der Waals surface area contributed by atoms with Gasteiger partial charge in [0.1, 0.15) is 11.7 Å². The van der Waals surface area contributed by atoms with Gasteiger partial charge in [0.2, 0.25) is 5.91 Å². The van der Waals surface area contributed by atoms with E-state index in [0.717, 1.165) is 12.2 Å². The summed E-state index contributed by atoms with van der Waals surface area (Å²) in [5, 5.41) is 2.81. The first-order chi connectivity index (χ1) is 8.09. The summed E-state index contributed by atoms with van der Waals surface area (Å²) >= 11 is 0. The first-order valence-corrected chi connectivity index (χ1v) is 5.61. The van der Waals surface area contributed by atoms with E-state index in [2.05, 4.69) is 10.3 Å². The first-order valence-electron chi connectivity index (χ1n) is 5.61. The molecule has 2 rings (SSSR count). The zero-order valence-electron chi connectivity index (χ0n) is 9.93. The van der Waals surface area contributed by atoms with Crippen molar-refractivity contribution in [1.82, 2.24) is 10.3 Å². The Balaban J connectivity index is 2.22. The van der Waals surface area contributed by atoms with Crippen LogP contribution in [0.25, 0.3) is 0 Å². The van der Waals surface area contributed by atoms with E-state index in [9.17, 15) is 9.59 Å². The van der Waals surface area contributed by atoms with Crippen LogP contribution in [0.3, 0.4) is 0 Å². The van der Waals surface area contributed by atoms with Crippen molar-refractivity contribution in [3.05, 3.63) is 24.0 Å². The standard InChI is InChI=1S/C12H15N3O2/c1-8-12(17)13-5-6-15(8)10-3-4-11(9(2)16)14-7-10/h3-4,7-8H,5-6H2,1-2H3,(H,13,17). The lowest BCUT2D eigenvalue weighted by atomic mass is 10.1. The van der Waals surface area contributed by atoms with E-state index < -0.39 is 0 Å². The Hall–Kier alpha value is -1.91. The predicted molar refractivity (Wildman–Crippen MR) is 64.1 cm³/mol. The molecule has 2 heterocycles. The fraction of sp³-hybridized carbons (Fsp3) is 0.417. The third-order valence-electron chi connectivity index (χ3n) is 2.94. The third-order valence-corrected chi connectivity index (χ3v) is 2.94. The molecule has 90 valence electrons. The number of amides is 1. The van der Waals surface area contributed by atoms with Gasteiger partial charge in [-0.2, -0.15) is 0 Å². The molecule has 1 aliphatic rings. The smallest absolute Gasteiger partial charge is 0.242 e. The largest absolute Gasteiger partial charge is 0.357 e. The second-order valence-electron chi connectivity index (χ2n) is 4.12. The van der Waals surface area contributed by atoms with Crippen LogP contribution in [0.2, 0.25) is 0 Å². The lowest BCUT2D eigenvalue weighted by molar-refractivity contribution is -0.122. The van der Waals surface area contributed by atoms with Crippen LogP contribution in [0.15, 0.2) is 18.3 Å². The number of anilines is 1. The predicted octanol–water partition coefficient (Wildman–Crippen LogP) is 0.609. The summed E-state index contributed by atoms with van der Waals surface area (Å²) in [6.45, 7) is 4.73. The fourth-order valence-corrected chi connectivity index (χ4v) is 1.90. The highest BCUT2D eigenvalue weighted by molar-refractivity contribution is 5.92. The van der Waals surface area contributed by atoms with Gasteiger partial charge in [0, 0.05) is 20.0 Å². The van der Waals surface area contributed by atoms with Gasteiger partial charge in [0.15, 0.2) is 5.78 Å². The lowest BCUT2D eigenvalue weighted by Gasteiger charge is -2.34. The number of aromatic nitrogens is 1. The number of carbonyl (C=O) groups excluding carboxylic acids is 2. The summed E-state index contributed by atoms with van der Waals surface area (Å²) in [7, 11) is 0. The SMILES string of the molecule is CC(=O)c1ccc(N2CCNC(=O)C2C)cn1. The highest BCUT2D eigenvalue weighted by Crippen LogP contribution is 2.17. The Bertz CT molecular complexity index is 442. The summed E-state index contributed by atoms with van der Waals surface area (Å²) in [6, 6.07) is 3.32. The fourth-order valence-electron chi connectivity index (χ4n) is 1.90. The van der Waals surface area contributed by atoms with Crippen molar-refractivity contribution in [3.8, 4) is 0 Å². The average Bonchev–Trinajstić information content (AvgIpc) is 2.33. The summed E-state index contributed by atoms with van der Waals surface area (Å²) in [5.74, 6) is -0.0344. The molecule has 1 atom stereocenters. The highest BCUT2D eigenvalue weighted by atomic mass is 16.2. The maximum absolute atomic E-state index is 11.5. The molecule has 0 aliphatic carbocycles. The molecule has 1 saturated heterocycles. The van der Waals surface area contributed by atoms with Crippen molar-refractivity contribution >= 4 is 17.4 Å². The van der Waals surface area contributed by atoms with Crippen molar-refractivity contribution < 1.29 is 9.59 Å². The number of nitrogens with zero attached hydrogens (tertiary/aromatic N) is 2. The van der Waals surface area contributed by atoms with Gasteiger partial charge in [0.25, 0.3) is 0 Å². The molecule has 5 heteroatoms. The van der Waals surface area contributed by atoms with E-state index in [0.29, 0.717) is 12.2 Å². The third kappa shape index (κ3) is 2.27. The molecule has 0 radical (unpaired) electrons. The molecule has 1 aromatic rings. The van der Waals surface area contributed by atoms with Crippen LogP contribution in [0.4, 0.5) is 5.69 Å². The quantitative estimate of drug-likeness (QED) is 0.760. The molecule has 0 spiro atoms. The molecule has 0 aromatic carbocycles. The monoisotopic (exact) mass is 233 g/mol. The molecule has 1 unspecified atom stereocenters. The van der Waals surface area contributed by atoms with Gasteiger partial charge < -0.3 is 10.2 Å². The molecule has 1 N–H and O–H groups in total. The number of Topliss-reactive ketones (excluding diaryl/α,β-unsaturated/α-hetero) is 1. The minimum atomic E-state index is -0.200. The van der Waals surface area contributed by atoms with Crippen LogP contribution in [-0.4, -0.2) is 35.8 Å². The van der Waals surface area contributed by atoms with E-state index in [1.54, 1.807) is 12.3 Å². The number of pyridine rings is 1. The van der Waals surface area contributed by atoms with Gasteiger partial charge >= 0.3 is 0 Å². The Morgan fingerprint density at radius 1 is 1.53 bits per heavy atom. The Morgan fingerprint density at radius 3 is 2.88 bits per heavy atom. The number of rotatable bonds is 2. The molecule has 0 bridgehead atoms. The number of hydrogen-bond acceptors (Lipinski definition) is 4. The molecule has 1 aromatic heterocycles. The number of hydrogen-bond donors (Lipinski definition) is 1. The molecule has 5 nitrogen and oxygen atoms in total. The van der Waals surface area contributed by atoms with Crippen molar-refractivity contribution in [2.45, 2.75) is 19.9 Å². The van der Waals surface area contributed by atoms with Crippen molar-refractivity contribution in [2.24, 2.45) is 0 Å². The molecule has 1 amide bonds. The summed E-state index contributed by atoms with van der Waals surface area (Å²) < 4.78 is 0. The molecule has 0 saturated carbocycles. The summed E-state index contributed by atoms with van der Waals surface area (Å²) in [5.41, 5.74) is 1.32. The summed E-state index contributed by atoms with van der Waals surface area (Å²) in [6.07, 6.45) is 1.64. The zero-order chi connectivity index (χ0) is 12.4. The second kappa shape index (κ2) is 4.53. The number of ketones is 1. The number of nitrogens with one attached hydrogen (secondary N) is 1. The van der Waals surface area contributed by atoms with Crippen molar-refractivity contribution in [3.63, 3.8) is 0 Å². The van der Waals surface area contributed by atoms with Crippen molar-refractivity contribution in [1.29, 1.82) is 0 Å². The number of piperazine rings is 1. The van der Waals surface area contributed by atoms with E-state index >= 15 is 0 Å². The maximum Gasteiger partial charge on any atom is 0.242 e. The lowest BCUT2D eigenvalue weighted by Crippen LogP contribution is -2.54. The summed E-state index contributed by atoms with van der Waals surface area (Å²) in [4.78, 5) is 28.7. The van der Waals surface area contributed by atoms with Gasteiger partial charge in [-0.25, -0.2) is 0 Å². The highest BCUT2D eigenvalue weighted by Gasteiger charge is 2.25. The zero-order valence-corrected chi connectivity index (χ0v) is 9.93. The van der Waals surface area contributed by atoms with Gasteiger partial charge in [-0.1, -0.05) is 0 Å². The Morgan fingerprint density at radius 2 is 2.29 bits per heavy atom. The number of carbonyl (C=O) groups is 2. The van der Waals surface area contributed by atoms with Gasteiger partial charge in [-0.3, -0.25) is 14.6 Å². The van der Waals surface area contributed by atoms with Crippen LogP contribution >= 0.6 is 0 Å². The minimum absolute atomic E-state index is 0.0203. The van der Waals surface area contributed by atoms with E-state index in [4.69, 9.17) is 0 Å². The normalized spacial score (nSPS) is 20.0. The first kappa shape index (κ1) is 11.6. The van der Waals surface area contributed by atoms with E-state index in [1.165, 1.54) is 6.92 Å². The van der Waals surface area contributed by atoms with Crippen LogP contribution in [0.5, 0.6) is 0 Å². The Kier molecular flexibility index (Phi) is 3.08. The average molecular weight is 233 g/mol. The topological polar surface area (TPSA) is 62.3 Å². The maximum atomic E-state index is 11.5. The van der Waals surface area contributed by atoms with E-state index in [-0.39, 0.29) is 17.7 Å². The van der Waals surface area contributed by atoms with Gasteiger partial charge in [-0.15, -0.1) is 0 Å². The van der Waals surface area contributed by atoms with Crippen LogP contribution in [0.1, 0.15) is 24.3 Å². The molecule has 1 aliphatic heterocycles.